The molecular formula is C18H20N6O4S. The molecule has 3 aromatic heterocycles. The number of rotatable bonds is 6. The average molecular weight is 416 g/mol. The second kappa shape index (κ2) is 7.87. The van der Waals surface area contributed by atoms with Gasteiger partial charge in [-0.15, -0.1) is 0 Å². The second-order valence-corrected chi connectivity index (χ2v) is 8.26. The summed E-state index contributed by atoms with van der Waals surface area (Å²) in [7, 11) is -0.269. The van der Waals surface area contributed by atoms with Crippen molar-refractivity contribution < 1.29 is 17.9 Å². The van der Waals surface area contributed by atoms with Crippen molar-refractivity contribution in [2.45, 2.75) is 11.9 Å². The van der Waals surface area contributed by atoms with E-state index in [1.165, 1.54) is 26.2 Å². The van der Waals surface area contributed by atoms with Crippen LogP contribution in [0.3, 0.4) is 0 Å². The van der Waals surface area contributed by atoms with Crippen LogP contribution in [0.15, 0.2) is 41.8 Å². The predicted octanol–water partition coefficient (Wildman–Crippen LogP) is 1.99. The molecule has 1 amide bonds. The molecule has 0 unspecified atom stereocenters. The maximum atomic E-state index is 11.9. The first-order valence-electron chi connectivity index (χ1n) is 8.46. The molecule has 0 bridgehead atoms. The lowest BCUT2D eigenvalue weighted by Crippen LogP contribution is -2.09. The first-order chi connectivity index (χ1) is 13.7. The number of nitrogens with zero attached hydrogens (tertiary/aromatic N) is 4. The van der Waals surface area contributed by atoms with Crippen molar-refractivity contribution in [2.75, 3.05) is 24.0 Å². The molecule has 0 spiro atoms. The summed E-state index contributed by atoms with van der Waals surface area (Å²) in [6, 6.07) is 4.51. The summed E-state index contributed by atoms with van der Waals surface area (Å²) in [5.41, 5.74) is 1.99. The molecule has 3 rings (SSSR count). The lowest BCUT2D eigenvalue weighted by Gasteiger charge is -2.15. The van der Waals surface area contributed by atoms with Crippen LogP contribution in [0, 0.1) is 0 Å². The minimum atomic E-state index is -3.51. The largest absolute Gasteiger partial charge is 0.493 e. The van der Waals surface area contributed by atoms with Crippen molar-refractivity contribution in [3.63, 3.8) is 0 Å². The number of ether oxygens (including phenoxy) is 1. The number of carbonyl (C=O) groups excluding carboxylic acids is 1. The molecule has 0 aliphatic rings. The molecule has 2 N–H and O–H groups in total. The molecule has 152 valence electrons. The Balaban J connectivity index is 2.12. The molecule has 0 saturated carbocycles. The number of methoxy groups -OCH3 is 1. The van der Waals surface area contributed by atoms with Crippen LogP contribution >= 0.6 is 0 Å². The fourth-order valence-corrected chi connectivity index (χ4v) is 3.19. The van der Waals surface area contributed by atoms with Gasteiger partial charge in [0, 0.05) is 49.8 Å². The smallest absolute Gasteiger partial charge is 0.222 e. The number of aromatic nitrogens is 4. The van der Waals surface area contributed by atoms with Gasteiger partial charge in [-0.05, 0) is 12.1 Å². The molecule has 0 fully saturated rings. The maximum absolute atomic E-state index is 11.9. The van der Waals surface area contributed by atoms with E-state index in [1.54, 1.807) is 36.4 Å². The molecular weight excluding hydrogens is 396 g/mol. The Hall–Kier alpha value is -3.47. The van der Waals surface area contributed by atoms with Crippen LogP contribution < -0.4 is 15.4 Å². The third kappa shape index (κ3) is 4.69. The van der Waals surface area contributed by atoms with E-state index in [0.29, 0.717) is 22.8 Å². The quantitative estimate of drug-likeness (QED) is 0.624. The van der Waals surface area contributed by atoms with Crippen LogP contribution in [0.5, 0.6) is 5.75 Å². The topological polar surface area (TPSA) is 128 Å². The van der Waals surface area contributed by atoms with E-state index in [1.807, 2.05) is 0 Å². The van der Waals surface area contributed by atoms with Crippen LogP contribution in [0.25, 0.3) is 11.1 Å². The zero-order valence-corrected chi connectivity index (χ0v) is 17.1. The number of hydrogen-bond donors (Lipinski definition) is 2. The molecule has 10 nitrogen and oxygen atoms in total. The number of nitrogens with one attached hydrogen (secondary N) is 2. The molecule has 3 aromatic rings. The zero-order valence-electron chi connectivity index (χ0n) is 16.3. The molecule has 11 heteroatoms. The lowest BCUT2D eigenvalue weighted by molar-refractivity contribution is -0.114. The maximum Gasteiger partial charge on any atom is 0.222 e. The van der Waals surface area contributed by atoms with Gasteiger partial charge < -0.3 is 15.4 Å². The van der Waals surface area contributed by atoms with E-state index >= 15 is 0 Å². The lowest BCUT2D eigenvalue weighted by atomic mass is 10.1. The Morgan fingerprint density at radius 1 is 1.24 bits per heavy atom. The van der Waals surface area contributed by atoms with Crippen molar-refractivity contribution in [2.24, 2.45) is 7.05 Å². The van der Waals surface area contributed by atoms with Crippen LogP contribution in [0.2, 0.25) is 0 Å². The second-order valence-electron chi connectivity index (χ2n) is 6.30. The number of amides is 1. The van der Waals surface area contributed by atoms with Crippen LogP contribution in [-0.4, -0.2) is 47.4 Å². The van der Waals surface area contributed by atoms with Crippen molar-refractivity contribution >= 4 is 33.1 Å². The highest BCUT2D eigenvalue weighted by molar-refractivity contribution is 7.90. The summed E-state index contributed by atoms with van der Waals surface area (Å²) in [5.74, 6) is 0.617. The van der Waals surface area contributed by atoms with Gasteiger partial charge in [-0.1, -0.05) is 0 Å². The average Bonchev–Trinajstić information content (AvgIpc) is 3.07. The minimum Gasteiger partial charge on any atom is -0.493 e. The van der Waals surface area contributed by atoms with E-state index in [9.17, 15) is 13.2 Å². The standard InChI is InChI=1S/C18H20N6O4S/c1-11(25)21-16-7-14(13(9-19-16)12-8-20-24(2)10-12)22-18-15(28-3)5-6-17(23-18)29(4,26)27/h5-10H,1-4H3,(H2,19,21,22,23,25). The molecule has 3 heterocycles. The molecule has 0 aliphatic carbocycles. The fourth-order valence-electron chi connectivity index (χ4n) is 2.61. The van der Waals surface area contributed by atoms with Crippen LogP contribution in [0.4, 0.5) is 17.3 Å². The fraction of sp³-hybridized carbons (Fsp3) is 0.222. The molecule has 0 radical (unpaired) electrons. The minimum absolute atomic E-state index is 0.0973. The van der Waals surface area contributed by atoms with Gasteiger partial charge >= 0.3 is 0 Å². The van der Waals surface area contributed by atoms with Crippen molar-refractivity contribution in [1.82, 2.24) is 19.7 Å². The molecule has 0 aromatic carbocycles. The van der Waals surface area contributed by atoms with E-state index in [4.69, 9.17) is 4.74 Å². The number of sulfone groups is 1. The van der Waals surface area contributed by atoms with Crippen LogP contribution in [-0.2, 0) is 21.7 Å². The molecule has 29 heavy (non-hydrogen) atoms. The van der Waals surface area contributed by atoms with Gasteiger partial charge in [0.15, 0.2) is 26.4 Å². The Morgan fingerprint density at radius 3 is 2.59 bits per heavy atom. The normalized spacial score (nSPS) is 11.2. The van der Waals surface area contributed by atoms with Crippen LogP contribution in [0.1, 0.15) is 6.92 Å². The molecule has 0 aliphatic heterocycles. The number of carbonyl (C=O) groups is 1. The summed E-state index contributed by atoms with van der Waals surface area (Å²) >= 11 is 0. The van der Waals surface area contributed by atoms with Gasteiger partial charge in [-0.2, -0.15) is 5.10 Å². The first-order valence-corrected chi connectivity index (χ1v) is 10.4. The molecule has 0 saturated heterocycles. The molecule has 0 atom stereocenters. The van der Waals surface area contributed by atoms with Crippen molar-refractivity contribution in [1.29, 1.82) is 0 Å². The highest BCUT2D eigenvalue weighted by Crippen LogP contribution is 2.34. The Labute approximate surface area is 167 Å². The van der Waals surface area contributed by atoms with Gasteiger partial charge in [0.1, 0.15) is 5.82 Å². The van der Waals surface area contributed by atoms with Gasteiger partial charge in [0.2, 0.25) is 5.91 Å². The Morgan fingerprint density at radius 2 is 2.00 bits per heavy atom. The van der Waals surface area contributed by atoms with Crippen molar-refractivity contribution in [3.8, 4) is 16.9 Å². The summed E-state index contributed by atoms with van der Waals surface area (Å²) in [5, 5.41) is 9.78. The monoisotopic (exact) mass is 416 g/mol. The third-order valence-electron chi connectivity index (χ3n) is 3.91. The Bertz CT molecular complexity index is 1170. The first kappa shape index (κ1) is 20.3. The third-order valence-corrected chi connectivity index (χ3v) is 4.90. The summed E-state index contributed by atoms with van der Waals surface area (Å²) in [4.78, 5) is 19.9. The van der Waals surface area contributed by atoms with Gasteiger partial charge in [0.25, 0.3) is 0 Å². The van der Waals surface area contributed by atoms with Gasteiger partial charge in [-0.3, -0.25) is 9.48 Å². The van der Waals surface area contributed by atoms with E-state index in [-0.39, 0.29) is 16.8 Å². The van der Waals surface area contributed by atoms with E-state index < -0.39 is 9.84 Å². The van der Waals surface area contributed by atoms with E-state index in [2.05, 4.69) is 25.7 Å². The number of anilines is 3. The number of hydrogen-bond acceptors (Lipinski definition) is 8. The highest BCUT2D eigenvalue weighted by Gasteiger charge is 2.17. The predicted molar refractivity (Wildman–Crippen MR) is 108 cm³/mol. The van der Waals surface area contributed by atoms with Crippen molar-refractivity contribution in [3.05, 3.63) is 36.8 Å². The highest BCUT2D eigenvalue weighted by atomic mass is 32.2. The summed E-state index contributed by atoms with van der Waals surface area (Å²) < 4.78 is 30.8. The zero-order chi connectivity index (χ0) is 21.2. The number of aryl methyl sites for hydroxylation is 1. The Kier molecular flexibility index (Phi) is 5.50. The summed E-state index contributed by atoms with van der Waals surface area (Å²) in [6.45, 7) is 1.38. The number of pyridine rings is 2. The SMILES string of the molecule is COc1ccc(S(C)(=O)=O)nc1Nc1cc(NC(C)=O)ncc1-c1cnn(C)c1. The van der Waals surface area contributed by atoms with E-state index in [0.717, 1.165) is 11.8 Å². The summed E-state index contributed by atoms with van der Waals surface area (Å²) in [6.07, 6.45) is 6.13. The van der Waals surface area contributed by atoms with Gasteiger partial charge in [-0.25, -0.2) is 18.4 Å². The van der Waals surface area contributed by atoms with Gasteiger partial charge in [0.05, 0.1) is 19.0 Å².